The van der Waals surface area contributed by atoms with Crippen molar-refractivity contribution < 1.29 is 19.0 Å². The van der Waals surface area contributed by atoms with E-state index in [1.54, 1.807) is 13.3 Å². The van der Waals surface area contributed by atoms with E-state index in [4.69, 9.17) is 14.2 Å². The Kier molecular flexibility index (Phi) is 4.66. The normalized spacial score (nSPS) is 14.4. The molecule has 1 aliphatic rings. The highest BCUT2D eigenvalue weighted by Gasteiger charge is 2.44. The van der Waals surface area contributed by atoms with Gasteiger partial charge >= 0.3 is 0 Å². The lowest BCUT2D eigenvalue weighted by Crippen LogP contribution is -2.40. The molecular formula is C24H23N3O4. The van der Waals surface area contributed by atoms with Gasteiger partial charge in [-0.15, -0.1) is 0 Å². The number of rotatable bonds is 7. The molecule has 0 unspecified atom stereocenters. The van der Waals surface area contributed by atoms with E-state index in [2.05, 4.69) is 15.3 Å². The van der Waals surface area contributed by atoms with E-state index < -0.39 is 0 Å². The average Bonchev–Trinajstić information content (AvgIpc) is 3.35. The first-order valence-corrected chi connectivity index (χ1v) is 10.2. The van der Waals surface area contributed by atoms with E-state index in [0.29, 0.717) is 23.9 Å². The van der Waals surface area contributed by atoms with Crippen LogP contribution in [-0.4, -0.2) is 35.1 Å². The molecule has 0 bridgehead atoms. The predicted molar refractivity (Wildman–Crippen MR) is 118 cm³/mol. The lowest BCUT2D eigenvalue weighted by molar-refractivity contribution is -0.120. The van der Waals surface area contributed by atoms with Gasteiger partial charge in [0.15, 0.2) is 11.5 Å². The van der Waals surface area contributed by atoms with Crippen molar-refractivity contribution in [2.24, 2.45) is 0 Å². The fourth-order valence-corrected chi connectivity index (χ4v) is 3.76. The Labute approximate surface area is 179 Å². The van der Waals surface area contributed by atoms with Gasteiger partial charge in [-0.05, 0) is 49.2 Å². The SMILES string of the molecule is COc1cc2c(Oc3ccc4[nH]ccc4c3)ccnc2cc1OCC1(NC(C)=O)CC1. The molecule has 2 N–H and O–H groups in total. The molecule has 4 aromatic rings. The number of amides is 1. The molecular weight excluding hydrogens is 394 g/mol. The van der Waals surface area contributed by atoms with Gasteiger partial charge in [0.1, 0.15) is 18.1 Å². The Balaban J connectivity index is 1.43. The number of hydrogen-bond donors (Lipinski definition) is 2. The number of carbonyl (C=O) groups is 1. The van der Waals surface area contributed by atoms with Gasteiger partial charge in [-0.3, -0.25) is 9.78 Å². The van der Waals surface area contributed by atoms with Crippen LogP contribution in [0.3, 0.4) is 0 Å². The van der Waals surface area contributed by atoms with Crippen LogP contribution in [0.5, 0.6) is 23.0 Å². The molecule has 2 aromatic carbocycles. The van der Waals surface area contributed by atoms with E-state index in [-0.39, 0.29) is 11.4 Å². The molecule has 1 amide bonds. The number of benzene rings is 2. The van der Waals surface area contributed by atoms with Gasteiger partial charge in [-0.1, -0.05) is 0 Å². The Hall–Kier alpha value is -3.74. The maximum absolute atomic E-state index is 11.4. The Bertz CT molecular complexity index is 1280. The summed E-state index contributed by atoms with van der Waals surface area (Å²) in [4.78, 5) is 19.1. The van der Waals surface area contributed by atoms with Crippen molar-refractivity contribution in [3.8, 4) is 23.0 Å². The van der Waals surface area contributed by atoms with Gasteiger partial charge in [-0.2, -0.15) is 0 Å². The molecule has 0 atom stereocenters. The number of hydrogen-bond acceptors (Lipinski definition) is 5. The average molecular weight is 417 g/mol. The predicted octanol–water partition coefficient (Wildman–Crippen LogP) is 4.56. The first kappa shape index (κ1) is 19.2. The number of fused-ring (bicyclic) bond motifs is 2. The summed E-state index contributed by atoms with van der Waals surface area (Å²) in [6.45, 7) is 1.91. The third kappa shape index (κ3) is 3.86. The minimum atomic E-state index is -0.277. The number of nitrogens with zero attached hydrogens (tertiary/aromatic N) is 1. The van der Waals surface area contributed by atoms with Gasteiger partial charge < -0.3 is 24.5 Å². The molecule has 158 valence electrons. The topological polar surface area (TPSA) is 85.5 Å². The molecule has 7 heteroatoms. The highest BCUT2D eigenvalue weighted by atomic mass is 16.5. The zero-order chi connectivity index (χ0) is 21.4. The highest BCUT2D eigenvalue weighted by molar-refractivity contribution is 5.88. The molecule has 5 rings (SSSR count). The molecule has 0 radical (unpaired) electrons. The summed E-state index contributed by atoms with van der Waals surface area (Å²) >= 11 is 0. The second-order valence-electron chi connectivity index (χ2n) is 7.91. The molecule has 0 aliphatic heterocycles. The fraction of sp³-hybridized carbons (Fsp3) is 0.250. The van der Waals surface area contributed by atoms with Crippen LogP contribution in [0, 0.1) is 0 Å². The molecule has 0 spiro atoms. The highest BCUT2D eigenvalue weighted by Crippen LogP contribution is 2.40. The van der Waals surface area contributed by atoms with Crippen molar-refractivity contribution in [3.63, 3.8) is 0 Å². The monoisotopic (exact) mass is 417 g/mol. The molecule has 1 aliphatic carbocycles. The number of methoxy groups -OCH3 is 1. The molecule has 7 nitrogen and oxygen atoms in total. The van der Waals surface area contributed by atoms with Crippen molar-refractivity contribution in [2.45, 2.75) is 25.3 Å². The smallest absolute Gasteiger partial charge is 0.217 e. The lowest BCUT2D eigenvalue weighted by atomic mass is 10.1. The zero-order valence-electron chi connectivity index (χ0n) is 17.4. The molecule has 0 saturated heterocycles. The van der Waals surface area contributed by atoms with E-state index in [1.165, 1.54) is 6.92 Å². The van der Waals surface area contributed by atoms with Crippen molar-refractivity contribution in [3.05, 3.63) is 54.9 Å². The summed E-state index contributed by atoms with van der Waals surface area (Å²) < 4.78 is 17.8. The van der Waals surface area contributed by atoms with Gasteiger partial charge in [0, 0.05) is 41.7 Å². The van der Waals surface area contributed by atoms with Gasteiger partial charge in [0.2, 0.25) is 5.91 Å². The molecule has 2 heterocycles. The first-order valence-electron chi connectivity index (χ1n) is 10.2. The summed E-state index contributed by atoms with van der Waals surface area (Å²) in [5.74, 6) is 2.55. The van der Waals surface area contributed by atoms with Crippen LogP contribution in [0.2, 0.25) is 0 Å². The number of carbonyl (C=O) groups excluding carboxylic acids is 1. The second kappa shape index (κ2) is 7.50. The largest absolute Gasteiger partial charge is 0.493 e. The maximum atomic E-state index is 11.4. The van der Waals surface area contributed by atoms with Crippen molar-refractivity contribution in [2.75, 3.05) is 13.7 Å². The number of H-pyrrole nitrogens is 1. The molecule has 2 aromatic heterocycles. The van der Waals surface area contributed by atoms with E-state index in [9.17, 15) is 4.79 Å². The quantitative estimate of drug-likeness (QED) is 0.460. The Morgan fingerprint density at radius 2 is 2.00 bits per heavy atom. The van der Waals surface area contributed by atoms with Crippen molar-refractivity contribution >= 4 is 27.7 Å². The van der Waals surface area contributed by atoms with Gasteiger partial charge in [-0.25, -0.2) is 0 Å². The fourth-order valence-electron chi connectivity index (χ4n) is 3.76. The van der Waals surface area contributed by atoms with Gasteiger partial charge in [0.05, 0.1) is 18.2 Å². The third-order valence-corrected chi connectivity index (χ3v) is 5.54. The minimum absolute atomic E-state index is 0.0483. The van der Waals surface area contributed by atoms with Crippen LogP contribution in [0.15, 0.2) is 54.9 Å². The lowest BCUT2D eigenvalue weighted by Gasteiger charge is -2.19. The Morgan fingerprint density at radius 1 is 1.13 bits per heavy atom. The van der Waals surface area contributed by atoms with Crippen LogP contribution in [0.25, 0.3) is 21.8 Å². The van der Waals surface area contributed by atoms with E-state index >= 15 is 0 Å². The third-order valence-electron chi connectivity index (χ3n) is 5.54. The van der Waals surface area contributed by atoms with Crippen molar-refractivity contribution in [1.29, 1.82) is 0 Å². The molecule has 1 fully saturated rings. The maximum Gasteiger partial charge on any atom is 0.217 e. The second-order valence-corrected chi connectivity index (χ2v) is 7.91. The first-order chi connectivity index (χ1) is 15.0. The zero-order valence-corrected chi connectivity index (χ0v) is 17.4. The van der Waals surface area contributed by atoms with Crippen LogP contribution in [0.1, 0.15) is 19.8 Å². The van der Waals surface area contributed by atoms with Crippen LogP contribution in [0.4, 0.5) is 0 Å². The number of nitrogens with one attached hydrogen (secondary N) is 2. The molecule has 31 heavy (non-hydrogen) atoms. The van der Waals surface area contributed by atoms with Crippen LogP contribution >= 0.6 is 0 Å². The molecule has 1 saturated carbocycles. The van der Waals surface area contributed by atoms with Crippen molar-refractivity contribution in [1.82, 2.24) is 15.3 Å². The van der Waals surface area contributed by atoms with E-state index in [0.717, 1.165) is 40.4 Å². The van der Waals surface area contributed by atoms with Crippen LogP contribution in [-0.2, 0) is 4.79 Å². The summed E-state index contributed by atoms with van der Waals surface area (Å²) in [6, 6.07) is 13.5. The number of aromatic nitrogens is 2. The van der Waals surface area contributed by atoms with Gasteiger partial charge in [0.25, 0.3) is 0 Å². The standard InChI is InChI=1S/C24H23N3O4/c1-15(28)27-24(7-8-24)14-30-23-13-20-18(12-22(23)29-2)21(6-10-26-20)31-17-3-4-19-16(11-17)5-9-25-19/h3-6,9-13,25H,7-8,14H2,1-2H3,(H,27,28). The summed E-state index contributed by atoms with van der Waals surface area (Å²) in [7, 11) is 1.60. The van der Waals surface area contributed by atoms with E-state index in [1.807, 2.05) is 48.7 Å². The number of aromatic amines is 1. The summed E-state index contributed by atoms with van der Waals surface area (Å²) in [5.41, 5.74) is 1.52. The number of ether oxygens (including phenoxy) is 3. The Morgan fingerprint density at radius 3 is 2.77 bits per heavy atom. The number of pyridine rings is 1. The summed E-state index contributed by atoms with van der Waals surface area (Å²) in [6.07, 6.45) is 5.43. The minimum Gasteiger partial charge on any atom is -0.493 e. The van der Waals surface area contributed by atoms with Crippen LogP contribution < -0.4 is 19.5 Å². The summed E-state index contributed by atoms with van der Waals surface area (Å²) in [5, 5.41) is 4.88.